The van der Waals surface area contributed by atoms with Gasteiger partial charge in [-0.05, 0) is 54.3 Å². The van der Waals surface area contributed by atoms with E-state index < -0.39 is 0 Å². The Balaban J connectivity index is 1.04. The molecule has 6 nitrogen and oxygen atoms in total. The van der Waals surface area contributed by atoms with Crippen molar-refractivity contribution in [3.05, 3.63) is 170 Å². The van der Waals surface area contributed by atoms with E-state index >= 15 is 0 Å². The Morgan fingerprint density at radius 1 is 0.500 bits per heavy atom. The van der Waals surface area contributed by atoms with Crippen molar-refractivity contribution in [3.63, 3.8) is 0 Å². The molecule has 1 aliphatic carbocycles. The summed E-state index contributed by atoms with van der Waals surface area (Å²) in [6.45, 7) is 0. The number of furan rings is 1. The van der Waals surface area contributed by atoms with Crippen molar-refractivity contribution in [2.24, 2.45) is 0 Å². The van der Waals surface area contributed by atoms with E-state index in [1.165, 1.54) is 10.3 Å². The number of hydrogen-bond donors (Lipinski definition) is 0. The number of thiophene rings is 1. The molecule has 0 saturated carbocycles. The molecule has 0 amide bonds. The van der Waals surface area contributed by atoms with Gasteiger partial charge < -0.3 is 4.42 Å². The molecule has 0 fully saturated rings. The van der Waals surface area contributed by atoms with Crippen LogP contribution in [0.3, 0.4) is 0 Å². The first-order chi connectivity index (χ1) is 27.7. The molecule has 56 heavy (non-hydrogen) atoms. The first kappa shape index (κ1) is 32.3. The average molecular weight is 738 g/mol. The van der Waals surface area contributed by atoms with Crippen molar-refractivity contribution >= 4 is 59.2 Å². The third-order valence-electron chi connectivity index (χ3n) is 10.4. The summed E-state index contributed by atoms with van der Waals surface area (Å²) in [5.41, 5.74) is 10.6. The summed E-state index contributed by atoms with van der Waals surface area (Å²) in [5, 5.41) is 3.19. The standard InChI is InChI=1S/C49H31N5OS/c1-4-14-30(15-5-1)46-50-42(45-43(51-46)38-22-10-11-25-41(38)56-45)34-21-12-20-33(28-34)36-23-13-24-37-39-29-35(26-27-40(39)55-44(36)37)49-53-47(31-16-6-2-7-17-31)52-48(54-49)32-18-8-3-9-19-32/h1-4,6-14,16-29H,5,15H2. The first-order valence-electron chi connectivity index (χ1n) is 18.7. The maximum Gasteiger partial charge on any atom is 0.164 e. The van der Waals surface area contributed by atoms with Gasteiger partial charge in [0.15, 0.2) is 23.3 Å². The number of allylic oxidation sites excluding steroid dienone is 4. The van der Waals surface area contributed by atoms with Gasteiger partial charge in [-0.3, -0.25) is 0 Å². The largest absolute Gasteiger partial charge is 0.455 e. The molecule has 6 aromatic carbocycles. The van der Waals surface area contributed by atoms with Crippen LogP contribution in [0.5, 0.6) is 0 Å². The zero-order valence-electron chi connectivity index (χ0n) is 30.1. The van der Waals surface area contributed by atoms with Gasteiger partial charge in [-0.25, -0.2) is 24.9 Å². The molecule has 0 spiro atoms. The van der Waals surface area contributed by atoms with Gasteiger partial charge >= 0.3 is 0 Å². The SMILES string of the molecule is C1=CCCC(c2nc(-c3cccc(-c4cccc5c4oc4ccc(-c6nc(-c7ccccc7)nc(-c7ccccc7)n6)cc45)c3)c3sc4ccccc4c3n2)=C1. The molecule has 7 heteroatoms. The van der Waals surface area contributed by atoms with Crippen molar-refractivity contribution in [2.45, 2.75) is 12.8 Å². The maximum absolute atomic E-state index is 6.68. The number of nitrogens with zero attached hydrogens (tertiary/aromatic N) is 5. The van der Waals surface area contributed by atoms with Crippen LogP contribution < -0.4 is 0 Å². The Hall–Kier alpha value is -7.09. The Labute approximate surface area is 326 Å². The fourth-order valence-electron chi connectivity index (χ4n) is 7.66. The van der Waals surface area contributed by atoms with Crippen LogP contribution in [0.2, 0.25) is 0 Å². The van der Waals surface area contributed by atoms with Crippen LogP contribution in [0.4, 0.5) is 0 Å². The quantitative estimate of drug-likeness (QED) is 0.169. The van der Waals surface area contributed by atoms with Crippen LogP contribution >= 0.6 is 11.3 Å². The highest BCUT2D eigenvalue weighted by molar-refractivity contribution is 7.26. The predicted molar refractivity (Wildman–Crippen MR) is 229 cm³/mol. The molecule has 10 aromatic rings. The Bertz CT molecular complexity index is 3140. The smallest absolute Gasteiger partial charge is 0.164 e. The van der Waals surface area contributed by atoms with Gasteiger partial charge in [-0.2, -0.15) is 0 Å². The Morgan fingerprint density at radius 3 is 1.95 bits per heavy atom. The van der Waals surface area contributed by atoms with Gasteiger partial charge in [0.05, 0.1) is 15.9 Å². The molecule has 0 saturated heterocycles. The highest BCUT2D eigenvalue weighted by Crippen LogP contribution is 2.42. The number of hydrogen-bond acceptors (Lipinski definition) is 7. The monoisotopic (exact) mass is 737 g/mol. The molecule has 0 aliphatic heterocycles. The van der Waals surface area contributed by atoms with E-state index in [1.54, 1.807) is 11.3 Å². The molecule has 4 heterocycles. The number of rotatable bonds is 6. The van der Waals surface area contributed by atoms with Crippen molar-refractivity contribution in [1.82, 2.24) is 24.9 Å². The van der Waals surface area contributed by atoms with Crippen LogP contribution in [0.15, 0.2) is 168 Å². The van der Waals surface area contributed by atoms with Gasteiger partial charge in [0.25, 0.3) is 0 Å². The van der Waals surface area contributed by atoms with E-state index in [9.17, 15) is 0 Å². The molecule has 4 aromatic heterocycles. The van der Waals surface area contributed by atoms with E-state index in [0.29, 0.717) is 17.5 Å². The fraction of sp³-hybridized carbons (Fsp3) is 0.0408. The highest BCUT2D eigenvalue weighted by atomic mass is 32.1. The van der Waals surface area contributed by atoms with Gasteiger partial charge in [-0.1, -0.05) is 133 Å². The summed E-state index contributed by atoms with van der Waals surface area (Å²) < 4.78 is 8.98. The van der Waals surface area contributed by atoms with E-state index in [2.05, 4.69) is 91.0 Å². The number of aromatic nitrogens is 5. The molecule has 0 N–H and O–H groups in total. The molecule has 0 bridgehead atoms. The summed E-state index contributed by atoms with van der Waals surface area (Å²) in [5.74, 6) is 2.66. The number of benzene rings is 6. The lowest BCUT2D eigenvalue weighted by Gasteiger charge is -2.12. The summed E-state index contributed by atoms with van der Waals surface area (Å²) in [6, 6.07) is 49.8. The highest BCUT2D eigenvalue weighted by Gasteiger charge is 2.20. The van der Waals surface area contributed by atoms with Crippen LogP contribution in [-0.2, 0) is 0 Å². The van der Waals surface area contributed by atoms with E-state index in [0.717, 1.165) is 95.3 Å². The topological polar surface area (TPSA) is 77.6 Å². The lowest BCUT2D eigenvalue weighted by atomic mass is 9.98. The molecule has 0 radical (unpaired) electrons. The summed E-state index contributed by atoms with van der Waals surface area (Å²) in [7, 11) is 0. The minimum atomic E-state index is 0.606. The Morgan fingerprint density at radius 2 is 1.18 bits per heavy atom. The zero-order valence-corrected chi connectivity index (χ0v) is 30.9. The zero-order chi connectivity index (χ0) is 37.0. The molecule has 11 rings (SSSR count). The van der Waals surface area contributed by atoms with Gasteiger partial charge in [0, 0.05) is 48.7 Å². The molecular weight excluding hydrogens is 707 g/mol. The third-order valence-corrected chi connectivity index (χ3v) is 11.6. The van der Waals surface area contributed by atoms with Crippen molar-refractivity contribution < 1.29 is 4.42 Å². The predicted octanol–water partition coefficient (Wildman–Crippen LogP) is 13.0. The molecule has 0 atom stereocenters. The van der Waals surface area contributed by atoms with Crippen molar-refractivity contribution in [2.75, 3.05) is 0 Å². The van der Waals surface area contributed by atoms with Crippen molar-refractivity contribution in [3.8, 4) is 56.5 Å². The average Bonchev–Trinajstić information content (AvgIpc) is 3.85. The van der Waals surface area contributed by atoms with E-state index in [-0.39, 0.29) is 0 Å². The fourth-order valence-corrected chi connectivity index (χ4v) is 8.81. The van der Waals surface area contributed by atoms with Gasteiger partial charge in [0.1, 0.15) is 11.2 Å². The van der Waals surface area contributed by atoms with Gasteiger partial charge in [-0.15, -0.1) is 11.3 Å². The van der Waals surface area contributed by atoms with Crippen LogP contribution in [0.25, 0.3) is 104 Å². The van der Waals surface area contributed by atoms with Gasteiger partial charge in [0.2, 0.25) is 0 Å². The lowest BCUT2D eigenvalue weighted by Crippen LogP contribution is -2.00. The summed E-state index contributed by atoms with van der Waals surface area (Å²) in [6.07, 6.45) is 8.38. The second kappa shape index (κ2) is 13.3. The van der Waals surface area contributed by atoms with E-state index in [4.69, 9.17) is 29.3 Å². The van der Waals surface area contributed by atoms with E-state index in [1.807, 2.05) is 72.8 Å². The molecule has 264 valence electrons. The second-order valence-corrected chi connectivity index (χ2v) is 15.0. The molecule has 1 aliphatic rings. The number of fused-ring (bicyclic) bond motifs is 6. The lowest BCUT2D eigenvalue weighted by molar-refractivity contribution is 0.670. The van der Waals surface area contributed by atoms with Crippen LogP contribution in [0.1, 0.15) is 18.7 Å². The summed E-state index contributed by atoms with van der Waals surface area (Å²) >= 11 is 1.75. The first-order valence-corrected chi connectivity index (χ1v) is 19.5. The molecule has 0 unspecified atom stereocenters. The third kappa shape index (κ3) is 5.60. The normalized spacial score (nSPS) is 12.9. The second-order valence-electron chi connectivity index (χ2n) is 13.9. The summed E-state index contributed by atoms with van der Waals surface area (Å²) in [4.78, 5) is 25.3. The molecular formula is C49H31N5OS. The van der Waals surface area contributed by atoms with Crippen LogP contribution in [-0.4, -0.2) is 24.9 Å². The Kier molecular flexibility index (Phi) is 7.70. The maximum atomic E-state index is 6.68. The van der Waals surface area contributed by atoms with Crippen LogP contribution in [0, 0.1) is 0 Å². The van der Waals surface area contributed by atoms with Crippen molar-refractivity contribution in [1.29, 1.82) is 0 Å². The minimum absolute atomic E-state index is 0.606. The minimum Gasteiger partial charge on any atom is -0.455 e. The number of para-hydroxylation sites is 1.